The molecule has 0 amide bonds. The molecule has 0 aliphatic heterocycles. The Labute approximate surface area is 162 Å². The molecule has 144 valence electrons. The van der Waals surface area contributed by atoms with E-state index < -0.39 is 0 Å². The highest BCUT2D eigenvalue weighted by molar-refractivity contribution is 5.98. The van der Waals surface area contributed by atoms with Crippen molar-refractivity contribution in [3.05, 3.63) is 71.3 Å². The summed E-state index contributed by atoms with van der Waals surface area (Å²) in [6.07, 6.45) is 7.41. The third-order valence-electron chi connectivity index (χ3n) is 4.42. The third kappa shape index (κ3) is 7.65. The van der Waals surface area contributed by atoms with Crippen molar-refractivity contribution >= 4 is 11.8 Å². The minimum absolute atomic E-state index is 0.267. The van der Waals surface area contributed by atoms with Crippen LogP contribution in [0.4, 0.5) is 0 Å². The summed E-state index contributed by atoms with van der Waals surface area (Å²) >= 11 is 0. The van der Waals surface area contributed by atoms with Crippen LogP contribution in [0.3, 0.4) is 0 Å². The molecule has 0 aromatic heterocycles. The van der Waals surface area contributed by atoms with Crippen LogP contribution in [0.25, 0.3) is 0 Å². The van der Waals surface area contributed by atoms with Crippen LogP contribution in [0, 0.1) is 0 Å². The minimum atomic E-state index is -0.340. The molecule has 2 aromatic carbocycles. The number of rotatable bonds is 11. The molecule has 0 fully saturated rings. The summed E-state index contributed by atoms with van der Waals surface area (Å²) in [5.41, 5.74) is 8.36. The summed E-state index contributed by atoms with van der Waals surface area (Å²) in [6, 6.07) is 16.7. The van der Waals surface area contributed by atoms with E-state index in [9.17, 15) is 4.79 Å². The molecule has 4 nitrogen and oxygen atoms in total. The molecule has 0 unspecified atom stereocenters. The molecule has 0 spiro atoms. The standard InChI is InChI=1S/C23H30N2O2/c1-2-3-4-5-6-10-17-25-22(24)20-13-15-21(16-14-20)23(26)27-18-19-11-8-7-9-12-19/h7-9,11-16H,2-6,10,17-18H2,1H3,(H2,24,25). The maximum absolute atomic E-state index is 12.1. The number of hydrogen-bond donors (Lipinski definition) is 1. The van der Waals surface area contributed by atoms with E-state index in [1.54, 1.807) is 12.1 Å². The number of amidine groups is 1. The van der Waals surface area contributed by atoms with Crippen molar-refractivity contribution < 1.29 is 9.53 Å². The lowest BCUT2D eigenvalue weighted by Gasteiger charge is -2.06. The van der Waals surface area contributed by atoms with Crippen LogP contribution in [-0.2, 0) is 11.3 Å². The van der Waals surface area contributed by atoms with Gasteiger partial charge in [0, 0.05) is 12.1 Å². The van der Waals surface area contributed by atoms with Gasteiger partial charge in [0.1, 0.15) is 12.4 Å². The lowest BCUT2D eigenvalue weighted by Crippen LogP contribution is -2.14. The normalized spacial score (nSPS) is 11.4. The third-order valence-corrected chi connectivity index (χ3v) is 4.42. The second-order valence-corrected chi connectivity index (χ2v) is 6.67. The molecule has 0 aliphatic carbocycles. The van der Waals surface area contributed by atoms with Crippen LogP contribution in [0.2, 0.25) is 0 Å². The number of ether oxygens (including phenoxy) is 1. The highest BCUT2D eigenvalue weighted by atomic mass is 16.5. The van der Waals surface area contributed by atoms with Gasteiger partial charge in [-0.1, -0.05) is 81.5 Å². The van der Waals surface area contributed by atoms with Crippen LogP contribution in [0.5, 0.6) is 0 Å². The molecule has 0 saturated heterocycles. The van der Waals surface area contributed by atoms with Crippen LogP contribution < -0.4 is 5.73 Å². The smallest absolute Gasteiger partial charge is 0.338 e. The largest absolute Gasteiger partial charge is 0.457 e. The van der Waals surface area contributed by atoms with Crippen molar-refractivity contribution in [1.29, 1.82) is 0 Å². The van der Waals surface area contributed by atoms with Gasteiger partial charge >= 0.3 is 5.97 Å². The zero-order chi connectivity index (χ0) is 19.3. The first-order valence-electron chi connectivity index (χ1n) is 9.82. The van der Waals surface area contributed by atoms with E-state index in [0.29, 0.717) is 11.4 Å². The van der Waals surface area contributed by atoms with Crippen LogP contribution in [0.15, 0.2) is 59.6 Å². The number of benzene rings is 2. The average molecular weight is 367 g/mol. The predicted molar refractivity (Wildman–Crippen MR) is 111 cm³/mol. The zero-order valence-electron chi connectivity index (χ0n) is 16.2. The molecule has 4 heteroatoms. The van der Waals surface area contributed by atoms with E-state index in [1.807, 2.05) is 42.5 Å². The average Bonchev–Trinajstić information content (AvgIpc) is 2.72. The number of carbonyl (C=O) groups is 1. The van der Waals surface area contributed by atoms with E-state index in [2.05, 4.69) is 11.9 Å². The highest BCUT2D eigenvalue weighted by Gasteiger charge is 2.08. The van der Waals surface area contributed by atoms with Gasteiger partial charge in [0.05, 0.1) is 5.56 Å². The molecule has 2 aromatic rings. The Bertz CT molecular complexity index is 709. The Morgan fingerprint density at radius 1 is 0.889 bits per heavy atom. The number of hydrogen-bond acceptors (Lipinski definition) is 3. The van der Waals surface area contributed by atoms with Crippen LogP contribution in [0.1, 0.15) is 66.9 Å². The van der Waals surface area contributed by atoms with Gasteiger partial charge in [-0.05, 0) is 24.1 Å². The summed E-state index contributed by atoms with van der Waals surface area (Å²) in [5, 5.41) is 0. The summed E-state index contributed by atoms with van der Waals surface area (Å²) in [4.78, 5) is 16.6. The van der Waals surface area contributed by atoms with E-state index in [1.165, 1.54) is 32.1 Å². The Morgan fingerprint density at radius 2 is 1.52 bits per heavy atom. The predicted octanol–water partition coefficient (Wildman–Crippen LogP) is 5.11. The number of nitrogens with zero attached hydrogens (tertiary/aromatic N) is 1. The van der Waals surface area contributed by atoms with E-state index in [4.69, 9.17) is 10.5 Å². The van der Waals surface area contributed by atoms with E-state index in [0.717, 1.165) is 24.1 Å². The van der Waals surface area contributed by atoms with Crippen molar-refractivity contribution in [2.24, 2.45) is 10.7 Å². The topological polar surface area (TPSA) is 64.7 Å². The van der Waals surface area contributed by atoms with Crippen LogP contribution in [-0.4, -0.2) is 18.3 Å². The summed E-state index contributed by atoms with van der Waals surface area (Å²) in [5.74, 6) is 0.181. The molecule has 0 heterocycles. The van der Waals surface area contributed by atoms with Crippen molar-refractivity contribution in [3.8, 4) is 0 Å². The number of unbranched alkanes of at least 4 members (excludes halogenated alkanes) is 5. The first-order chi connectivity index (χ1) is 13.2. The SMILES string of the molecule is CCCCCCCCN=C(N)c1ccc(C(=O)OCc2ccccc2)cc1. The minimum Gasteiger partial charge on any atom is -0.457 e. The maximum Gasteiger partial charge on any atom is 0.338 e. The summed E-state index contributed by atoms with van der Waals surface area (Å²) < 4.78 is 5.33. The first-order valence-corrected chi connectivity index (χ1v) is 9.82. The van der Waals surface area contributed by atoms with Gasteiger partial charge in [-0.3, -0.25) is 4.99 Å². The van der Waals surface area contributed by atoms with Crippen molar-refractivity contribution in [2.75, 3.05) is 6.54 Å². The van der Waals surface area contributed by atoms with Crippen molar-refractivity contribution in [3.63, 3.8) is 0 Å². The summed E-state index contributed by atoms with van der Waals surface area (Å²) in [6.45, 7) is 3.24. The number of nitrogens with two attached hydrogens (primary N) is 1. The second kappa shape index (κ2) is 11.9. The molecular weight excluding hydrogens is 336 g/mol. The Balaban J connectivity index is 1.77. The van der Waals surface area contributed by atoms with E-state index >= 15 is 0 Å². The molecule has 27 heavy (non-hydrogen) atoms. The van der Waals surface area contributed by atoms with Gasteiger partial charge in [0.15, 0.2) is 0 Å². The fourth-order valence-electron chi connectivity index (χ4n) is 2.77. The molecule has 0 aliphatic rings. The van der Waals surface area contributed by atoms with Crippen LogP contribution >= 0.6 is 0 Å². The quantitative estimate of drug-likeness (QED) is 0.260. The lowest BCUT2D eigenvalue weighted by atomic mass is 10.1. The second-order valence-electron chi connectivity index (χ2n) is 6.67. The monoisotopic (exact) mass is 366 g/mol. The number of aliphatic imine (C=N–C) groups is 1. The first kappa shape index (κ1) is 20.7. The summed E-state index contributed by atoms with van der Waals surface area (Å²) in [7, 11) is 0. The van der Waals surface area contributed by atoms with E-state index in [-0.39, 0.29) is 12.6 Å². The van der Waals surface area contributed by atoms with Gasteiger partial charge in [-0.25, -0.2) is 4.79 Å². The Hall–Kier alpha value is -2.62. The number of esters is 1. The van der Waals surface area contributed by atoms with Gasteiger partial charge in [0.25, 0.3) is 0 Å². The highest BCUT2D eigenvalue weighted by Crippen LogP contribution is 2.09. The lowest BCUT2D eigenvalue weighted by molar-refractivity contribution is 0.0472. The molecule has 0 atom stereocenters. The molecular formula is C23H30N2O2. The molecule has 2 rings (SSSR count). The van der Waals surface area contributed by atoms with Crippen molar-refractivity contribution in [1.82, 2.24) is 0 Å². The van der Waals surface area contributed by atoms with Gasteiger partial charge < -0.3 is 10.5 Å². The molecule has 0 radical (unpaired) electrons. The zero-order valence-corrected chi connectivity index (χ0v) is 16.2. The maximum atomic E-state index is 12.1. The fourth-order valence-corrected chi connectivity index (χ4v) is 2.77. The number of carbonyl (C=O) groups excluding carboxylic acids is 1. The van der Waals surface area contributed by atoms with Crippen molar-refractivity contribution in [2.45, 2.75) is 52.1 Å². The molecule has 0 saturated carbocycles. The Kier molecular flexibility index (Phi) is 9.11. The van der Waals surface area contributed by atoms with Gasteiger partial charge in [-0.15, -0.1) is 0 Å². The van der Waals surface area contributed by atoms with Gasteiger partial charge in [0.2, 0.25) is 0 Å². The fraction of sp³-hybridized carbons (Fsp3) is 0.391. The van der Waals surface area contributed by atoms with Gasteiger partial charge in [-0.2, -0.15) is 0 Å². The Morgan fingerprint density at radius 3 is 2.22 bits per heavy atom. The molecule has 2 N–H and O–H groups in total. The molecule has 0 bridgehead atoms.